The molecule has 1 aliphatic carbocycles. The summed E-state index contributed by atoms with van der Waals surface area (Å²) in [6.45, 7) is 1.49. The van der Waals surface area contributed by atoms with Crippen LogP contribution < -0.4 is 0 Å². The van der Waals surface area contributed by atoms with E-state index in [1.54, 1.807) is 0 Å². The lowest BCUT2D eigenvalue weighted by Gasteiger charge is -2.39. The Labute approximate surface area is 149 Å². The van der Waals surface area contributed by atoms with Crippen molar-refractivity contribution >= 4 is 15.9 Å². The van der Waals surface area contributed by atoms with E-state index in [-0.39, 0.29) is 0 Å². The first-order chi connectivity index (χ1) is 11.3. The first kappa shape index (κ1) is 17.4. The van der Waals surface area contributed by atoms with Crippen LogP contribution in [-0.2, 0) is 16.1 Å². The van der Waals surface area contributed by atoms with Crippen molar-refractivity contribution < 1.29 is 9.47 Å². The van der Waals surface area contributed by atoms with E-state index in [2.05, 4.69) is 40.2 Å². The average molecular weight is 381 g/mol. The maximum absolute atomic E-state index is 6.44. The van der Waals surface area contributed by atoms with E-state index in [4.69, 9.17) is 9.47 Å². The highest BCUT2D eigenvalue weighted by atomic mass is 79.9. The molecule has 3 heteroatoms. The van der Waals surface area contributed by atoms with Gasteiger partial charge in [0.2, 0.25) is 0 Å². The molecular formula is C20H29BrO2. The van der Waals surface area contributed by atoms with Crippen molar-refractivity contribution in [1.29, 1.82) is 0 Å². The van der Waals surface area contributed by atoms with Gasteiger partial charge < -0.3 is 9.47 Å². The lowest BCUT2D eigenvalue weighted by molar-refractivity contribution is -0.0907. The average Bonchev–Trinajstić information content (AvgIpc) is 2.60. The van der Waals surface area contributed by atoms with Crippen LogP contribution in [0, 0.1) is 5.92 Å². The van der Waals surface area contributed by atoms with E-state index in [1.165, 1.54) is 44.1 Å². The van der Waals surface area contributed by atoms with Gasteiger partial charge in [-0.3, -0.25) is 0 Å². The third-order valence-electron chi connectivity index (χ3n) is 5.25. The van der Waals surface area contributed by atoms with E-state index in [1.807, 2.05) is 6.07 Å². The van der Waals surface area contributed by atoms with E-state index in [9.17, 15) is 0 Å². The molecule has 2 fully saturated rings. The molecule has 1 unspecified atom stereocenters. The molecule has 1 aromatic carbocycles. The van der Waals surface area contributed by atoms with E-state index < -0.39 is 0 Å². The Morgan fingerprint density at radius 1 is 1.04 bits per heavy atom. The van der Waals surface area contributed by atoms with Crippen molar-refractivity contribution in [2.24, 2.45) is 5.92 Å². The molecule has 128 valence electrons. The van der Waals surface area contributed by atoms with Crippen LogP contribution in [0.2, 0.25) is 0 Å². The highest BCUT2D eigenvalue weighted by Gasteiger charge is 2.33. The molecule has 3 atom stereocenters. The molecule has 0 bridgehead atoms. The number of halogens is 1. The predicted octanol–water partition coefficient (Wildman–Crippen LogP) is 5.48. The second kappa shape index (κ2) is 9.19. The summed E-state index contributed by atoms with van der Waals surface area (Å²) in [5.41, 5.74) is 1.25. The molecule has 1 aliphatic heterocycles. The Bertz CT molecular complexity index is 444. The summed E-state index contributed by atoms with van der Waals surface area (Å²) in [6, 6.07) is 10.4. The second-order valence-corrected chi connectivity index (χ2v) is 8.39. The molecule has 1 heterocycles. The van der Waals surface area contributed by atoms with Crippen LogP contribution in [0.3, 0.4) is 0 Å². The summed E-state index contributed by atoms with van der Waals surface area (Å²) < 4.78 is 12.3. The van der Waals surface area contributed by atoms with E-state index in [0.717, 1.165) is 25.4 Å². The predicted molar refractivity (Wildman–Crippen MR) is 97.9 cm³/mol. The number of hydrogen-bond acceptors (Lipinski definition) is 2. The third kappa shape index (κ3) is 5.58. The maximum Gasteiger partial charge on any atom is 0.0716 e. The Balaban J connectivity index is 1.40. The van der Waals surface area contributed by atoms with Crippen LogP contribution in [0.15, 0.2) is 30.3 Å². The molecule has 0 amide bonds. The van der Waals surface area contributed by atoms with Crippen molar-refractivity contribution in [2.45, 2.75) is 75.0 Å². The Hall–Kier alpha value is -0.380. The summed E-state index contributed by atoms with van der Waals surface area (Å²) in [4.78, 5) is 0.613. The minimum absolute atomic E-state index is 0.357. The monoisotopic (exact) mass is 380 g/mol. The third-order valence-corrected chi connectivity index (χ3v) is 5.99. The summed E-state index contributed by atoms with van der Waals surface area (Å²) in [5, 5.41) is 0. The zero-order chi connectivity index (χ0) is 15.9. The van der Waals surface area contributed by atoms with Crippen molar-refractivity contribution in [3.63, 3.8) is 0 Å². The summed E-state index contributed by atoms with van der Waals surface area (Å²) >= 11 is 3.86. The van der Waals surface area contributed by atoms with Gasteiger partial charge in [-0.1, -0.05) is 65.5 Å². The van der Waals surface area contributed by atoms with E-state index in [0.29, 0.717) is 23.6 Å². The van der Waals surface area contributed by atoms with Crippen LogP contribution in [-0.4, -0.2) is 23.6 Å². The standard InChI is InChI=1S/C20H29BrO2/c21-18-13-19(11-12-22-15-16-7-3-1-4-8-16)23-20(14-18)17-9-5-2-6-10-17/h1,3-4,7-8,17-20H,2,5-6,9-15H2/t18-,19?,20+/m0/s1. The maximum atomic E-state index is 6.44. The van der Waals surface area contributed by atoms with Crippen molar-refractivity contribution in [3.05, 3.63) is 35.9 Å². The molecule has 1 saturated carbocycles. The zero-order valence-electron chi connectivity index (χ0n) is 14.0. The number of benzene rings is 1. The molecule has 0 radical (unpaired) electrons. The van der Waals surface area contributed by atoms with Gasteiger partial charge in [-0.05, 0) is 43.6 Å². The summed E-state index contributed by atoms with van der Waals surface area (Å²) in [5.74, 6) is 0.789. The van der Waals surface area contributed by atoms with Gasteiger partial charge in [-0.25, -0.2) is 0 Å². The molecule has 1 saturated heterocycles. The van der Waals surface area contributed by atoms with Crippen LogP contribution in [0.5, 0.6) is 0 Å². The molecule has 2 aliphatic rings. The first-order valence-electron chi connectivity index (χ1n) is 9.22. The Kier molecular flexibility index (Phi) is 6.97. The van der Waals surface area contributed by atoms with Crippen LogP contribution >= 0.6 is 15.9 Å². The van der Waals surface area contributed by atoms with Crippen molar-refractivity contribution in [1.82, 2.24) is 0 Å². The summed E-state index contributed by atoms with van der Waals surface area (Å²) in [6.07, 6.45) is 11.1. The molecule has 23 heavy (non-hydrogen) atoms. The van der Waals surface area contributed by atoms with Crippen molar-refractivity contribution in [2.75, 3.05) is 6.61 Å². The molecule has 0 aromatic heterocycles. The highest BCUT2D eigenvalue weighted by molar-refractivity contribution is 9.09. The minimum atomic E-state index is 0.357. The second-order valence-electron chi connectivity index (χ2n) is 7.09. The van der Waals surface area contributed by atoms with Gasteiger partial charge >= 0.3 is 0 Å². The SMILES string of the molecule is Br[C@H]1CC(CCOCc2ccccc2)O[C@@H](C2CCCCC2)C1. The van der Waals surface area contributed by atoms with Gasteiger partial charge in [0.15, 0.2) is 0 Å². The van der Waals surface area contributed by atoms with E-state index >= 15 is 0 Å². The largest absolute Gasteiger partial charge is 0.377 e. The fourth-order valence-electron chi connectivity index (χ4n) is 3.97. The zero-order valence-corrected chi connectivity index (χ0v) is 15.5. The van der Waals surface area contributed by atoms with Crippen LogP contribution in [0.1, 0.15) is 56.9 Å². The number of rotatable bonds is 6. The number of alkyl halides is 1. The molecule has 0 N–H and O–H groups in total. The van der Waals surface area contributed by atoms with Gasteiger partial charge in [-0.15, -0.1) is 0 Å². The normalized spacial score (nSPS) is 29.5. The Morgan fingerprint density at radius 2 is 1.83 bits per heavy atom. The lowest BCUT2D eigenvalue weighted by atomic mass is 9.82. The first-order valence-corrected chi connectivity index (χ1v) is 10.1. The topological polar surface area (TPSA) is 18.5 Å². The van der Waals surface area contributed by atoms with Crippen LogP contribution in [0.25, 0.3) is 0 Å². The Morgan fingerprint density at radius 3 is 2.61 bits per heavy atom. The summed E-state index contributed by atoms with van der Waals surface area (Å²) in [7, 11) is 0. The molecule has 1 aromatic rings. The fraction of sp³-hybridized carbons (Fsp3) is 0.700. The highest BCUT2D eigenvalue weighted by Crippen LogP contribution is 2.36. The molecule has 2 nitrogen and oxygen atoms in total. The fourth-order valence-corrected chi connectivity index (χ4v) is 4.75. The smallest absolute Gasteiger partial charge is 0.0716 e. The molecule has 0 spiro atoms. The van der Waals surface area contributed by atoms with Gasteiger partial charge in [-0.2, -0.15) is 0 Å². The van der Waals surface area contributed by atoms with Gasteiger partial charge in [0.1, 0.15) is 0 Å². The van der Waals surface area contributed by atoms with Gasteiger partial charge in [0, 0.05) is 11.4 Å². The number of ether oxygens (including phenoxy) is 2. The van der Waals surface area contributed by atoms with Crippen LogP contribution in [0.4, 0.5) is 0 Å². The molecular weight excluding hydrogens is 352 g/mol. The minimum Gasteiger partial charge on any atom is -0.377 e. The lowest BCUT2D eigenvalue weighted by Crippen LogP contribution is -2.39. The number of hydrogen-bond donors (Lipinski definition) is 0. The van der Waals surface area contributed by atoms with Gasteiger partial charge in [0.05, 0.1) is 18.8 Å². The molecule has 3 rings (SSSR count). The quantitative estimate of drug-likeness (QED) is 0.480. The van der Waals surface area contributed by atoms with Crippen molar-refractivity contribution in [3.8, 4) is 0 Å². The van der Waals surface area contributed by atoms with Gasteiger partial charge in [0.25, 0.3) is 0 Å².